The van der Waals surface area contributed by atoms with E-state index >= 15 is 0 Å². The van der Waals surface area contributed by atoms with E-state index in [0.29, 0.717) is 26.1 Å². The fourth-order valence-corrected chi connectivity index (χ4v) is 4.07. The summed E-state index contributed by atoms with van der Waals surface area (Å²) in [6.07, 6.45) is 1.17. The summed E-state index contributed by atoms with van der Waals surface area (Å²) in [6.45, 7) is 4.50. The second-order valence-corrected chi connectivity index (χ2v) is 7.22. The molecule has 1 rings (SSSR count). The minimum absolute atomic E-state index is 0.0567. The van der Waals surface area contributed by atoms with E-state index in [9.17, 15) is 8.42 Å². The van der Waals surface area contributed by atoms with Crippen LogP contribution in [0.4, 0.5) is 0 Å². The van der Waals surface area contributed by atoms with Gasteiger partial charge in [-0.3, -0.25) is 0 Å². The van der Waals surface area contributed by atoms with Crippen LogP contribution in [-0.4, -0.2) is 44.3 Å². The second kappa shape index (κ2) is 4.80. The van der Waals surface area contributed by atoms with E-state index < -0.39 is 15.3 Å². The highest BCUT2D eigenvalue weighted by atomic mass is 32.2. The van der Waals surface area contributed by atoms with Crippen LogP contribution in [0.2, 0.25) is 0 Å². The van der Waals surface area contributed by atoms with Crippen LogP contribution in [0.25, 0.3) is 0 Å². The van der Waals surface area contributed by atoms with Crippen molar-refractivity contribution in [3.63, 3.8) is 0 Å². The lowest BCUT2D eigenvalue weighted by molar-refractivity contribution is 0.0979. The summed E-state index contributed by atoms with van der Waals surface area (Å²) in [5, 5.41) is 8.79. The molecule has 15 heavy (non-hydrogen) atoms. The van der Waals surface area contributed by atoms with Crippen LogP contribution in [0.15, 0.2) is 0 Å². The molecule has 0 amide bonds. The maximum Gasteiger partial charge on any atom is 0.153 e. The highest BCUT2D eigenvalue weighted by Gasteiger charge is 2.33. The Labute approximate surface area is 91.6 Å². The predicted octanol–water partition coefficient (Wildman–Crippen LogP) is 0.599. The van der Waals surface area contributed by atoms with Crippen LogP contribution in [0.1, 0.15) is 26.7 Å². The van der Waals surface area contributed by atoms with Crippen LogP contribution in [0.5, 0.6) is 0 Å². The van der Waals surface area contributed by atoms with Crippen molar-refractivity contribution in [3.05, 3.63) is 0 Å². The standard InChI is InChI=1S/C10H20O4S/c1-10(2,7-11)8-15(12,13)9-3-5-14-6-4-9/h9,11H,3-8H2,1-2H3. The van der Waals surface area contributed by atoms with Gasteiger partial charge in [-0.05, 0) is 12.8 Å². The molecule has 0 bridgehead atoms. The first-order chi connectivity index (χ1) is 6.87. The summed E-state index contributed by atoms with van der Waals surface area (Å²) in [6, 6.07) is 0. The Hall–Kier alpha value is -0.130. The first kappa shape index (κ1) is 12.9. The van der Waals surface area contributed by atoms with Gasteiger partial charge in [0.15, 0.2) is 9.84 Å². The van der Waals surface area contributed by atoms with Crippen molar-refractivity contribution in [2.24, 2.45) is 5.41 Å². The molecule has 1 saturated heterocycles. The third kappa shape index (κ3) is 3.74. The van der Waals surface area contributed by atoms with Crippen molar-refractivity contribution in [3.8, 4) is 0 Å². The van der Waals surface area contributed by atoms with Gasteiger partial charge in [0.25, 0.3) is 0 Å². The quantitative estimate of drug-likeness (QED) is 0.776. The molecule has 0 saturated carbocycles. The zero-order chi connectivity index (χ0) is 11.5. The molecular formula is C10H20O4S. The van der Waals surface area contributed by atoms with E-state index in [2.05, 4.69) is 0 Å². The third-order valence-electron chi connectivity index (χ3n) is 2.70. The van der Waals surface area contributed by atoms with E-state index in [-0.39, 0.29) is 17.6 Å². The summed E-state index contributed by atoms with van der Waals surface area (Å²) in [5.41, 5.74) is -0.545. The van der Waals surface area contributed by atoms with Crippen LogP contribution >= 0.6 is 0 Å². The van der Waals surface area contributed by atoms with Gasteiger partial charge < -0.3 is 9.84 Å². The minimum atomic E-state index is -3.09. The van der Waals surface area contributed by atoms with E-state index in [1.807, 2.05) is 0 Å². The van der Waals surface area contributed by atoms with Crippen molar-refractivity contribution in [1.29, 1.82) is 0 Å². The molecule has 0 aromatic carbocycles. The smallest absolute Gasteiger partial charge is 0.153 e. The fraction of sp³-hybridized carbons (Fsp3) is 1.00. The molecule has 0 spiro atoms. The van der Waals surface area contributed by atoms with Crippen molar-refractivity contribution < 1.29 is 18.3 Å². The summed E-state index contributed by atoms with van der Waals surface area (Å²) >= 11 is 0. The number of ether oxygens (including phenoxy) is 1. The van der Waals surface area contributed by atoms with E-state index in [1.54, 1.807) is 13.8 Å². The van der Waals surface area contributed by atoms with Crippen LogP contribution in [0, 0.1) is 5.41 Å². The van der Waals surface area contributed by atoms with Crippen molar-refractivity contribution in [1.82, 2.24) is 0 Å². The number of hydrogen-bond donors (Lipinski definition) is 1. The van der Waals surface area contributed by atoms with Crippen LogP contribution in [-0.2, 0) is 14.6 Å². The van der Waals surface area contributed by atoms with Crippen molar-refractivity contribution in [2.45, 2.75) is 31.9 Å². The molecule has 0 aliphatic carbocycles. The van der Waals surface area contributed by atoms with Crippen LogP contribution in [0.3, 0.4) is 0 Å². The normalized spacial score (nSPS) is 20.5. The van der Waals surface area contributed by atoms with Gasteiger partial charge in [0.1, 0.15) is 0 Å². The molecule has 0 atom stereocenters. The molecule has 0 unspecified atom stereocenters. The lowest BCUT2D eigenvalue weighted by Gasteiger charge is -2.27. The molecule has 0 radical (unpaired) electrons. The molecule has 4 nitrogen and oxygen atoms in total. The van der Waals surface area contributed by atoms with Crippen molar-refractivity contribution in [2.75, 3.05) is 25.6 Å². The second-order valence-electron chi connectivity index (χ2n) is 4.94. The molecule has 1 fully saturated rings. The Morgan fingerprint density at radius 1 is 1.33 bits per heavy atom. The van der Waals surface area contributed by atoms with E-state index in [1.165, 1.54) is 0 Å². The predicted molar refractivity (Wildman–Crippen MR) is 58.5 cm³/mol. The van der Waals surface area contributed by atoms with Crippen LogP contribution < -0.4 is 0 Å². The van der Waals surface area contributed by atoms with Gasteiger partial charge in [-0.2, -0.15) is 0 Å². The lowest BCUT2D eigenvalue weighted by Crippen LogP contribution is -2.36. The lowest BCUT2D eigenvalue weighted by atomic mass is 9.98. The van der Waals surface area contributed by atoms with E-state index in [4.69, 9.17) is 9.84 Å². The maximum absolute atomic E-state index is 12.0. The van der Waals surface area contributed by atoms with Gasteiger partial charge in [0.2, 0.25) is 0 Å². The molecule has 0 aromatic heterocycles. The molecule has 5 heteroatoms. The summed E-state index contributed by atoms with van der Waals surface area (Å²) in [5.74, 6) is 0.0567. The molecule has 0 aromatic rings. The Bertz CT molecular complexity index is 289. The third-order valence-corrected chi connectivity index (χ3v) is 5.37. The van der Waals surface area contributed by atoms with Gasteiger partial charge in [-0.25, -0.2) is 8.42 Å². The van der Waals surface area contributed by atoms with Gasteiger partial charge in [-0.1, -0.05) is 13.8 Å². The summed E-state index contributed by atoms with van der Waals surface area (Å²) in [4.78, 5) is 0. The number of rotatable bonds is 4. The SMILES string of the molecule is CC(C)(CO)CS(=O)(=O)C1CCOCC1. The van der Waals surface area contributed by atoms with E-state index in [0.717, 1.165) is 0 Å². The molecule has 1 N–H and O–H groups in total. The minimum Gasteiger partial charge on any atom is -0.396 e. The molecule has 1 aliphatic heterocycles. The number of sulfone groups is 1. The first-order valence-corrected chi connectivity index (χ1v) is 6.99. The number of hydrogen-bond acceptors (Lipinski definition) is 4. The average Bonchev–Trinajstić information content (AvgIpc) is 2.18. The Balaban J connectivity index is 2.65. The molecule has 90 valence electrons. The number of aliphatic hydroxyl groups is 1. The number of aliphatic hydroxyl groups excluding tert-OH is 1. The van der Waals surface area contributed by atoms with Gasteiger partial charge >= 0.3 is 0 Å². The fourth-order valence-electron chi connectivity index (χ4n) is 1.74. The summed E-state index contributed by atoms with van der Waals surface area (Å²) in [7, 11) is -3.09. The highest BCUT2D eigenvalue weighted by molar-refractivity contribution is 7.92. The largest absolute Gasteiger partial charge is 0.396 e. The van der Waals surface area contributed by atoms with Gasteiger partial charge in [0, 0.05) is 25.2 Å². The topological polar surface area (TPSA) is 63.6 Å². The Morgan fingerprint density at radius 3 is 2.33 bits per heavy atom. The summed E-state index contributed by atoms with van der Waals surface area (Å²) < 4.78 is 29.1. The molecule has 1 aliphatic rings. The first-order valence-electron chi connectivity index (χ1n) is 5.27. The zero-order valence-corrected chi connectivity index (χ0v) is 10.2. The Kier molecular flexibility index (Phi) is 4.14. The van der Waals surface area contributed by atoms with Gasteiger partial charge in [-0.15, -0.1) is 0 Å². The molecule has 1 heterocycles. The van der Waals surface area contributed by atoms with Crippen molar-refractivity contribution >= 4 is 9.84 Å². The monoisotopic (exact) mass is 236 g/mol. The average molecular weight is 236 g/mol. The highest BCUT2D eigenvalue weighted by Crippen LogP contribution is 2.24. The van der Waals surface area contributed by atoms with Gasteiger partial charge in [0.05, 0.1) is 11.0 Å². The Morgan fingerprint density at radius 2 is 1.87 bits per heavy atom. The zero-order valence-electron chi connectivity index (χ0n) is 9.40. The maximum atomic E-state index is 12.0. The molecular weight excluding hydrogens is 216 g/mol.